The van der Waals surface area contributed by atoms with Crippen molar-refractivity contribution in [3.63, 3.8) is 0 Å². The third-order valence-corrected chi connectivity index (χ3v) is 5.31. The smallest absolute Gasteiger partial charge is 0.0508 e. The molecule has 1 aromatic carbocycles. The first-order valence-corrected chi connectivity index (χ1v) is 8.73. The molecule has 1 atom stereocenters. The second kappa shape index (κ2) is 7.12. The molecule has 4 heteroatoms. The maximum Gasteiger partial charge on any atom is 0.0508 e. The predicted octanol–water partition coefficient (Wildman–Crippen LogP) is 3.76. The van der Waals surface area contributed by atoms with E-state index in [4.69, 9.17) is 5.73 Å². The Labute approximate surface area is 137 Å². The zero-order valence-electron chi connectivity index (χ0n) is 13.5. The molecule has 1 aliphatic rings. The van der Waals surface area contributed by atoms with Crippen LogP contribution in [0.1, 0.15) is 38.7 Å². The van der Waals surface area contributed by atoms with E-state index >= 15 is 0 Å². The van der Waals surface area contributed by atoms with Gasteiger partial charge in [-0.15, -0.1) is 0 Å². The Morgan fingerprint density at radius 1 is 1.33 bits per heavy atom. The molecule has 0 radical (unpaired) electrons. The number of likely N-dealkylation sites (tertiary alicyclic amines) is 1. The average molecular weight is 354 g/mol. The number of benzene rings is 1. The summed E-state index contributed by atoms with van der Waals surface area (Å²) in [7, 11) is 0. The maximum absolute atomic E-state index is 6.17. The van der Waals surface area contributed by atoms with Gasteiger partial charge in [-0.2, -0.15) is 0 Å². The van der Waals surface area contributed by atoms with E-state index in [0.29, 0.717) is 12.6 Å². The van der Waals surface area contributed by atoms with Crippen LogP contribution in [-0.2, 0) is 0 Å². The Balaban J connectivity index is 2.16. The normalized spacial score (nSPS) is 24.1. The van der Waals surface area contributed by atoms with Crippen LogP contribution in [0.15, 0.2) is 22.7 Å². The fourth-order valence-corrected chi connectivity index (χ4v) is 3.48. The van der Waals surface area contributed by atoms with Crippen molar-refractivity contribution in [1.82, 2.24) is 4.90 Å². The molecule has 118 valence electrons. The molecular weight excluding hydrogens is 326 g/mol. The van der Waals surface area contributed by atoms with Gasteiger partial charge in [-0.1, -0.05) is 6.07 Å². The van der Waals surface area contributed by atoms with Gasteiger partial charge < -0.3 is 16.0 Å². The predicted molar refractivity (Wildman–Crippen MR) is 94.8 cm³/mol. The van der Waals surface area contributed by atoms with Crippen LogP contribution in [0, 0.1) is 6.92 Å². The van der Waals surface area contributed by atoms with Crippen molar-refractivity contribution in [2.24, 2.45) is 5.73 Å². The molecule has 1 aromatic rings. The molecule has 2 rings (SSSR count). The van der Waals surface area contributed by atoms with Gasteiger partial charge in [-0.3, -0.25) is 0 Å². The molecule has 0 saturated carbocycles. The van der Waals surface area contributed by atoms with E-state index in [1.165, 1.54) is 24.2 Å². The van der Waals surface area contributed by atoms with Crippen molar-refractivity contribution in [3.05, 3.63) is 28.2 Å². The molecule has 0 bridgehead atoms. The maximum atomic E-state index is 6.17. The Hall–Kier alpha value is -0.580. The summed E-state index contributed by atoms with van der Waals surface area (Å²) >= 11 is 3.65. The number of halogens is 1. The fraction of sp³-hybridized carbons (Fsp3) is 0.647. The molecule has 3 nitrogen and oxygen atoms in total. The SMILES string of the molecule is Cc1ccc(Br)c(NC2(CN)CCCN(C(C)C)CC2)c1. The Morgan fingerprint density at radius 2 is 2.10 bits per heavy atom. The largest absolute Gasteiger partial charge is 0.377 e. The third kappa shape index (κ3) is 4.21. The highest BCUT2D eigenvalue weighted by atomic mass is 79.9. The Morgan fingerprint density at radius 3 is 2.76 bits per heavy atom. The number of anilines is 1. The number of hydrogen-bond donors (Lipinski definition) is 2. The summed E-state index contributed by atoms with van der Waals surface area (Å²) in [5.41, 5.74) is 8.62. The summed E-state index contributed by atoms with van der Waals surface area (Å²) in [6.45, 7) is 9.65. The van der Waals surface area contributed by atoms with E-state index < -0.39 is 0 Å². The lowest BCUT2D eigenvalue weighted by Crippen LogP contribution is -2.46. The van der Waals surface area contributed by atoms with Crippen LogP contribution in [0.4, 0.5) is 5.69 Å². The molecule has 1 saturated heterocycles. The molecule has 1 heterocycles. The van der Waals surface area contributed by atoms with Crippen molar-refractivity contribution in [3.8, 4) is 0 Å². The highest BCUT2D eigenvalue weighted by Gasteiger charge is 2.32. The number of nitrogens with two attached hydrogens (primary N) is 1. The third-order valence-electron chi connectivity index (χ3n) is 4.62. The highest BCUT2D eigenvalue weighted by Crippen LogP contribution is 2.31. The van der Waals surface area contributed by atoms with E-state index in [1.54, 1.807) is 0 Å². The molecule has 1 aliphatic heterocycles. The molecule has 1 fully saturated rings. The minimum atomic E-state index is 0.0138. The second-order valence-corrected chi connectivity index (χ2v) is 7.43. The summed E-state index contributed by atoms with van der Waals surface area (Å²) < 4.78 is 1.12. The first kappa shape index (κ1) is 16.8. The molecule has 1 unspecified atom stereocenters. The molecule has 3 N–H and O–H groups in total. The zero-order valence-corrected chi connectivity index (χ0v) is 15.0. The van der Waals surface area contributed by atoms with Gasteiger partial charge in [-0.25, -0.2) is 0 Å². The van der Waals surface area contributed by atoms with Crippen LogP contribution in [0.2, 0.25) is 0 Å². The lowest BCUT2D eigenvalue weighted by Gasteiger charge is -2.34. The van der Waals surface area contributed by atoms with E-state index in [1.807, 2.05) is 0 Å². The first-order chi connectivity index (χ1) is 9.96. The van der Waals surface area contributed by atoms with Crippen LogP contribution < -0.4 is 11.1 Å². The number of rotatable bonds is 4. The summed E-state index contributed by atoms with van der Waals surface area (Å²) in [5.74, 6) is 0. The molecular formula is C17H28BrN3. The van der Waals surface area contributed by atoms with Crippen molar-refractivity contribution >= 4 is 21.6 Å². The summed E-state index contributed by atoms with van der Waals surface area (Å²) in [6, 6.07) is 7.05. The van der Waals surface area contributed by atoms with E-state index in [-0.39, 0.29) is 5.54 Å². The van der Waals surface area contributed by atoms with Crippen molar-refractivity contribution < 1.29 is 0 Å². The Bertz CT molecular complexity index is 475. The van der Waals surface area contributed by atoms with Crippen LogP contribution >= 0.6 is 15.9 Å². The Kier molecular flexibility index (Phi) is 5.69. The fourth-order valence-electron chi connectivity index (χ4n) is 3.13. The summed E-state index contributed by atoms with van der Waals surface area (Å²) in [4.78, 5) is 2.56. The molecule has 0 aromatic heterocycles. The quantitative estimate of drug-likeness (QED) is 0.865. The van der Waals surface area contributed by atoms with Crippen molar-refractivity contribution in [1.29, 1.82) is 0 Å². The molecule has 0 amide bonds. The minimum absolute atomic E-state index is 0.0138. The van der Waals surface area contributed by atoms with Gasteiger partial charge in [0.05, 0.1) is 5.54 Å². The lowest BCUT2D eigenvalue weighted by molar-refractivity contribution is 0.227. The van der Waals surface area contributed by atoms with Gasteiger partial charge in [0.2, 0.25) is 0 Å². The molecule has 0 spiro atoms. The monoisotopic (exact) mass is 353 g/mol. The van der Waals surface area contributed by atoms with Gasteiger partial charge in [0.25, 0.3) is 0 Å². The van der Waals surface area contributed by atoms with Gasteiger partial charge in [0, 0.05) is 29.3 Å². The van der Waals surface area contributed by atoms with Gasteiger partial charge in [-0.05, 0) is 80.2 Å². The van der Waals surface area contributed by atoms with Crippen LogP contribution in [0.3, 0.4) is 0 Å². The molecule has 21 heavy (non-hydrogen) atoms. The van der Waals surface area contributed by atoms with E-state index in [2.05, 4.69) is 65.1 Å². The van der Waals surface area contributed by atoms with Gasteiger partial charge in [0.1, 0.15) is 0 Å². The summed E-state index contributed by atoms with van der Waals surface area (Å²) in [5, 5.41) is 3.75. The number of hydrogen-bond acceptors (Lipinski definition) is 3. The topological polar surface area (TPSA) is 41.3 Å². The van der Waals surface area contributed by atoms with E-state index in [0.717, 1.165) is 23.9 Å². The van der Waals surface area contributed by atoms with Crippen LogP contribution in [0.25, 0.3) is 0 Å². The summed E-state index contributed by atoms with van der Waals surface area (Å²) in [6.07, 6.45) is 3.43. The standard InChI is InChI=1S/C17H28BrN3/c1-13(2)21-9-4-7-17(12-19,8-10-21)20-16-11-14(3)5-6-15(16)18/h5-6,11,13,20H,4,7-10,12,19H2,1-3H3. The van der Waals surface area contributed by atoms with Crippen molar-refractivity contribution in [2.75, 3.05) is 25.0 Å². The van der Waals surface area contributed by atoms with E-state index in [9.17, 15) is 0 Å². The zero-order chi connectivity index (χ0) is 15.5. The lowest BCUT2D eigenvalue weighted by atomic mass is 9.90. The van der Waals surface area contributed by atoms with Gasteiger partial charge >= 0.3 is 0 Å². The van der Waals surface area contributed by atoms with Gasteiger partial charge in [0.15, 0.2) is 0 Å². The van der Waals surface area contributed by atoms with Crippen LogP contribution in [0.5, 0.6) is 0 Å². The number of nitrogens with one attached hydrogen (secondary N) is 1. The number of nitrogens with zero attached hydrogens (tertiary/aromatic N) is 1. The average Bonchev–Trinajstić information content (AvgIpc) is 2.66. The second-order valence-electron chi connectivity index (χ2n) is 6.58. The first-order valence-electron chi connectivity index (χ1n) is 7.94. The van der Waals surface area contributed by atoms with Crippen LogP contribution in [-0.4, -0.2) is 36.1 Å². The number of aryl methyl sites for hydroxylation is 1. The van der Waals surface area contributed by atoms with Crippen molar-refractivity contribution in [2.45, 2.75) is 51.6 Å². The molecule has 0 aliphatic carbocycles. The highest BCUT2D eigenvalue weighted by molar-refractivity contribution is 9.10. The minimum Gasteiger partial charge on any atom is -0.377 e.